The number of aromatic nitrogens is 1. The minimum Gasteiger partial charge on any atom is -0.461 e. The molecule has 9 heteroatoms. The second-order valence-electron chi connectivity index (χ2n) is 6.68. The summed E-state index contributed by atoms with van der Waals surface area (Å²) in [4.78, 5) is 12.4. The van der Waals surface area contributed by atoms with Crippen molar-refractivity contribution in [1.29, 1.82) is 0 Å². The highest BCUT2D eigenvalue weighted by atomic mass is 32.2. The van der Waals surface area contributed by atoms with Gasteiger partial charge in [-0.1, -0.05) is 0 Å². The molecule has 3 heterocycles. The molecule has 1 aromatic heterocycles. The Morgan fingerprint density at radius 2 is 1.77 bits per heavy atom. The van der Waals surface area contributed by atoms with E-state index >= 15 is 0 Å². The zero-order valence-electron chi connectivity index (χ0n) is 15.7. The summed E-state index contributed by atoms with van der Waals surface area (Å²) in [6.45, 7) is 7.06. The fraction of sp³-hybridized carbons (Fsp3) is 0.706. The minimum atomic E-state index is -3.73. The van der Waals surface area contributed by atoms with E-state index in [9.17, 15) is 13.2 Å². The minimum absolute atomic E-state index is 0.187. The van der Waals surface area contributed by atoms with Crippen LogP contribution < -0.4 is 0 Å². The summed E-state index contributed by atoms with van der Waals surface area (Å²) in [7, 11) is -2.05. The molecule has 1 aromatic rings. The summed E-state index contributed by atoms with van der Waals surface area (Å²) in [5.74, 6) is -1.15. The Labute approximate surface area is 154 Å². The highest BCUT2D eigenvalue weighted by Gasteiger charge is 2.44. The van der Waals surface area contributed by atoms with Crippen molar-refractivity contribution < 1.29 is 27.4 Å². The van der Waals surface area contributed by atoms with Gasteiger partial charge in [0.15, 0.2) is 5.79 Å². The lowest BCUT2D eigenvalue weighted by atomic mass is 10.1. The maximum atomic E-state index is 13.3. The summed E-state index contributed by atoms with van der Waals surface area (Å²) in [5, 5.41) is 0. The van der Waals surface area contributed by atoms with E-state index < -0.39 is 21.8 Å². The molecule has 2 saturated heterocycles. The highest BCUT2D eigenvalue weighted by molar-refractivity contribution is 7.89. The SMILES string of the molecule is CCOC(=O)c1c(C)c(S(=O)(=O)N2CCC3(CC2)OCCO3)c(C)n1C. The van der Waals surface area contributed by atoms with Crippen LogP contribution in [0.3, 0.4) is 0 Å². The molecule has 0 aromatic carbocycles. The first-order valence-electron chi connectivity index (χ1n) is 8.84. The number of piperidine rings is 1. The van der Waals surface area contributed by atoms with Gasteiger partial charge in [-0.15, -0.1) is 0 Å². The zero-order valence-corrected chi connectivity index (χ0v) is 16.5. The van der Waals surface area contributed by atoms with E-state index in [1.165, 1.54) is 4.31 Å². The van der Waals surface area contributed by atoms with E-state index in [0.29, 0.717) is 50.4 Å². The number of ether oxygens (including phenoxy) is 3. The van der Waals surface area contributed by atoms with Crippen molar-refractivity contribution in [3.05, 3.63) is 17.0 Å². The molecular weight excluding hydrogens is 360 g/mol. The Balaban J connectivity index is 1.90. The summed E-state index contributed by atoms with van der Waals surface area (Å²) < 4.78 is 46.0. The second-order valence-corrected chi connectivity index (χ2v) is 8.55. The van der Waals surface area contributed by atoms with E-state index in [1.807, 2.05) is 0 Å². The summed E-state index contributed by atoms with van der Waals surface area (Å²) in [6, 6.07) is 0. The first-order chi connectivity index (χ1) is 12.2. The van der Waals surface area contributed by atoms with Crippen LogP contribution in [0.25, 0.3) is 0 Å². The number of hydrogen-bond acceptors (Lipinski definition) is 6. The van der Waals surface area contributed by atoms with Crippen molar-refractivity contribution in [1.82, 2.24) is 8.87 Å². The first kappa shape index (κ1) is 19.3. The monoisotopic (exact) mass is 386 g/mol. The molecule has 3 rings (SSSR count). The number of carbonyl (C=O) groups is 1. The molecule has 26 heavy (non-hydrogen) atoms. The molecule has 2 aliphatic heterocycles. The van der Waals surface area contributed by atoms with Crippen molar-refractivity contribution in [2.45, 2.75) is 44.3 Å². The Kier molecular flexibility index (Phi) is 5.17. The van der Waals surface area contributed by atoms with Gasteiger partial charge >= 0.3 is 5.97 Å². The highest BCUT2D eigenvalue weighted by Crippen LogP contribution is 2.35. The Bertz CT molecular complexity index is 798. The number of sulfonamides is 1. The summed E-state index contributed by atoms with van der Waals surface area (Å²) in [5.41, 5.74) is 1.23. The molecule has 1 spiro atoms. The van der Waals surface area contributed by atoms with Crippen LogP contribution >= 0.6 is 0 Å². The molecule has 0 bridgehead atoms. The topological polar surface area (TPSA) is 87.1 Å². The Hall–Kier alpha value is -1.42. The number of hydrogen-bond donors (Lipinski definition) is 0. The van der Waals surface area contributed by atoms with Crippen LogP contribution in [0.5, 0.6) is 0 Å². The van der Waals surface area contributed by atoms with E-state index in [0.717, 1.165) is 0 Å². The Morgan fingerprint density at radius 1 is 1.19 bits per heavy atom. The standard InChI is InChI=1S/C17H26N2O6S/c1-5-23-16(20)14-12(2)15(13(3)18(14)4)26(21,22)19-8-6-17(7-9-19)24-10-11-25-17/h5-11H2,1-4H3. The molecular formula is C17H26N2O6S. The van der Waals surface area contributed by atoms with Gasteiger partial charge in [0.2, 0.25) is 10.0 Å². The van der Waals surface area contributed by atoms with Crippen LogP contribution in [0.2, 0.25) is 0 Å². The molecule has 0 unspecified atom stereocenters. The van der Waals surface area contributed by atoms with Gasteiger partial charge in [0.1, 0.15) is 10.6 Å². The van der Waals surface area contributed by atoms with Crippen LogP contribution in [0.4, 0.5) is 0 Å². The maximum Gasteiger partial charge on any atom is 0.355 e. The van der Waals surface area contributed by atoms with Crippen LogP contribution in [-0.2, 0) is 31.3 Å². The number of esters is 1. The number of nitrogens with zero attached hydrogens (tertiary/aromatic N) is 2. The molecule has 8 nitrogen and oxygen atoms in total. The molecule has 0 aliphatic carbocycles. The van der Waals surface area contributed by atoms with Crippen LogP contribution in [-0.4, -0.2) is 62.0 Å². The van der Waals surface area contributed by atoms with Gasteiger partial charge in [0.05, 0.1) is 19.8 Å². The van der Waals surface area contributed by atoms with Crippen molar-refractivity contribution >= 4 is 16.0 Å². The summed E-state index contributed by atoms with van der Waals surface area (Å²) in [6.07, 6.45) is 1.00. The fourth-order valence-electron chi connectivity index (χ4n) is 3.80. The second kappa shape index (κ2) is 6.95. The average Bonchev–Trinajstić information content (AvgIpc) is 3.12. The zero-order chi connectivity index (χ0) is 19.1. The number of carbonyl (C=O) groups excluding carboxylic acids is 1. The van der Waals surface area contributed by atoms with Gasteiger partial charge in [-0.25, -0.2) is 13.2 Å². The number of rotatable bonds is 4. The van der Waals surface area contributed by atoms with Crippen molar-refractivity contribution in [3.63, 3.8) is 0 Å². The Morgan fingerprint density at radius 3 is 2.31 bits per heavy atom. The van der Waals surface area contributed by atoms with Crippen molar-refractivity contribution in [2.75, 3.05) is 32.9 Å². The van der Waals surface area contributed by atoms with Gasteiger partial charge in [-0.05, 0) is 20.8 Å². The van der Waals surface area contributed by atoms with E-state index in [1.54, 1.807) is 32.4 Å². The van der Waals surface area contributed by atoms with Crippen molar-refractivity contribution in [3.8, 4) is 0 Å². The third-order valence-corrected chi connectivity index (χ3v) is 7.39. The van der Waals surface area contributed by atoms with Gasteiger partial charge in [-0.3, -0.25) is 0 Å². The molecule has 0 N–H and O–H groups in total. The smallest absolute Gasteiger partial charge is 0.355 e. The molecule has 0 atom stereocenters. The van der Waals surface area contributed by atoms with Gasteiger partial charge in [-0.2, -0.15) is 4.31 Å². The molecule has 146 valence electrons. The quantitative estimate of drug-likeness (QED) is 0.726. The molecule has 0 amide bonds. The third kappa shape index (κ3) is 3.06. The average molecular weight is 386 g/mol. The molecule has 2 aliphatic rings. The molecule has 2 fully saturated rings. The van der Waals surface area contributed by atoms with Gasteiger partial charge in [0, 0.05) is 44.2 Å². The first-order valence-corrected chi connectivity index (χ1v) is 10.3. The van der Waals surface area contributed by atoms with Gasteiger partial charge < -0.3 is 18.8 Å². The predicted octanol–water partition coefficient (Wildman–Crippen LogP) is 1.35. The van der Waals surface area contributed by atoms with E-state index in [-0.39, 0.29) is 17.2 Å². The van der Waals surface area contributed by atoms with Crippen molar-refractivity contribution in [2.24, 2.45) is 7.05 Å². The lowest BCUT2D eigenvalue weighted by molar-refractivity contribution is -0.179. The van der Waals surface area contributed by atoms with Crippen LogP contribution in [0, 0.1) is 13.8 Å². The molecule has 0 radical (unpaired) electrons. The maximum absolute atomic E-state index is 13.3. The van der Waals surface area contributed by atoms with E-state index in [4.69, 9.17) is 14.2 Å². The fourth-order valence-corrected chi connectivity index (χ4v) is 5.72. The lowest BCUT2D eigenvalue weighted by Crippen LogP contribution is -2.47. The van der Waals surface area contributed by atoms with Gasteiger partial charge in [0.25, 0.3) is 0 Å². The van der Waals surface area contributed by atoms with E-state index in [2.05, 4.69) is 0 Å². The summed E-state index contributed by atoms with van der Waals surface area (Å²) >= 11 is 0. The van der Waals surface area contributed by atoms with Crippen LogP contribution in [0.15, 0.2) is 4.90 Å². The van der Waals surface area contributed by atoms with Crippen LogP contribution in [0.1, 0.15) is 41.5 Å². The lowest BCUT2D eigenvalue weighted by Gasteiger charge is -2.36. The predicted molar refractivity (Wildman–Crippen MR) is 93.5 cm³/mol. The largest absolute Gasteiger partial charge is 0.461 e. The molecule has 0 saturated carbocycles. The third-order valence-electron chi connectivity index (χ3n) is 5.23. The normalized spacial score (nSPS) is 20.6.